The van der Waals surface area contributed by atoms with E-state index in [4.69, 9.17) is 5.11 Å². The largest absolute Gasteiger partial charge is 0.508 e. The van der Waals surface area contributed by atoms with Gasteiger partial charge in [-0.15, -0.1) is 0 Å². The van der Waals surface area contributed by atoms with Gasteiger partial charge in [-0.25, -0.2) is 4.79 Å². The molecule has 0 aromatic rings. The van der Waals surface area contributed by atoms with Crippen LogP contribution >= 0.6 is 0 Å². The summed E-state index contributed by atoms with van der Waals surface area (Å²) in [7, 11) is 0. The van der Waals surface area contributed by atoms with Crippen LogP contribution in [0.15, 0.2) is 60.1 Å². The molecule has 26 heavy (non-hydrogen) atoms. The molecule has 0 amide bonds. The molecule has 0 radical (unpaired) electrons. The van der Waals surface area contributed by atoms with Gasteiger partial charge in [-0.2, -0.15) is 0 Å². The Morgan fingerprint density at radius 1 is 0.654 bits per heavy atom. The van der Waals surface area contributed by atoms with E-state index in [1.54, 1.807) is 30.4 Å². The van der Waals surface area contributed by atoms with Crippen molar-refractivity contribution in [3.63, 3.8) is 0 Å². The van der Waals surface area contributed by atoms with Crippen LogP contribution in [0.2, 0.25) is 0 Å². The van der Waals surface area contributed by atoms with Crippen LogP contribution in [0.25, 0.3) is 0 Å². The van der Waals surface area contributed by atoms with E-state index in [-0.39, 0.29) is 11.5 Å². The van der Waals surface area contributed by atoms with Crippen molar-refractivity contribution in [3.8, 4) is 0 Å². The second-order valence-electron chi connectivity index (χ2n) is 6.24. The second-order valence-corrected chi connectivity index (χ2v) is 6.24. The molecule has 0 fully saturated rings. The van der Waals surface area contributed by atoms with Crippen molar-refractivity contribution in [2.45, 2.75) is 71.1 Å². The van der Waals surface area contributed by atoms with E-state index in [0.29, 0.717) is 6.42 Å². The summed E-state index contributed by atoms with van der Waals surface area (Å²) >= 11 is 0. The van der Waals surface area contributed by atoms with Crippen molar-refractivity contribution < 1.29 is 20.1 Å². The third-order valence-electron chi connectivity index (χ3n) is 3.86. The zero-order valence-electron chi connectivity index (χ0n) is 15.9. The molecule has 0 unspecified atom stereocenters. The van der Waals surface area contributed by atoms with E-state index >= 15 is 0 Å². The first-order valence-corrected chi connectivity index (χ1v) is 9.60. The van der Waals surface area contributed by atoms with Crippen molar-refractivity contribution >= 4 is 5.97 Å². The van der Waals surface area contributed by atoms with E-state index in [0.717, 1.165) is 18.9 Å². The summed E-state index contributed by atoms with van der Waals surface area (Å²) in [5.74, 6) is -1.07. The molecule has 0 heterocycles. The molecule has 0 aliphatic heterocycles. The molecule has 0 rings (SSSR count). The van der Waals surface area contributed by atoms with Crippen LogP contribution in [0.4, 0.5) is 0 Å². The number of allylic oxidation sites excluding steroid dienone is 8. The molecular weight excluding hydrogens is 328 g/mol. The minimum absolute atomic E-state index is 0.0255. The highest BCUT2D eigenvalue weighted by Gasteiger charge is 2.00. The van der Waals surface area contributed by atoms with Gasteiger partial charge in [0.05, 0.1) is 0 Å². The van der Waals surface area contributed by atoms with E-state index in [2.05, 4.69) is 6.92 Å². The fourth-order valence-electron chi connectivity index (χ4n) is 2.37. The van der Waals surface area contributed by atoms with Crippen molar-refractivity contribution in [1.82, 2.24) is 0 Å². The predicted molar refractivity (Wildman–Crippen MR) is 108 cm³/mol. The number of carboxylic acids is 1. The van der Waals surface area contributed by atoms with Gasteiger partial charge in [0.1, 0.15) is 5.76 Å². The number of hydrogen-bond donors (Lipinski definition) is 3. The van der Waals surface area contributed by atoms with Crippen LogP contribution in [-0.2, 0) is 4.79 Å². The summed E-state index contributed by atoms with van der Waals surface area (Å²) in [6.45, 7) is 2.22. The predicted octanol–water partition coefficient (Wildman–Crippen LogP) is 6.54. The van der Waals surface area contributed by atoms with Crippen molar-refractivity contribution in [3.05, 3.63) is 60.1 Å². The standard InChI is InChI=1S/C22H34O4/c1-2-3-4-5-6-7-8-11-14-17-20(23)21(24)18-15-12-9-10-13-16-19-22(25)26/h9-10,12-13,15-16,18-19,23-24H,2-8,11,14,17H2,1H3,(H,25,26). The zero-order chi connectivity index (χ0) is 19.5. The Bertz CT molecular complexity index is 510. The molecule has 4 heteroatoms. The molecule has 0 bridgehead atoms. The third kappa shape index (κ3) is 16.6. The molecule has 0 aliphatic carbocycles. The Kier molecular flexibility index (Phi) is 16.1. The van der Waals surface area contributed by atoms with E-state index in [1.165, 1.54) is 57.1 Å². The second kappa shape index (κ2) is 17.6. The van der Waals surface area contributed by atoms with Crippen LogP contribution in [0.3, 0.4) is 0 Å². The molecule has 0 aromatic heterocycles. The Hall–Kier alpha value is -2.23. The Morgan fingerprint density at radius 2 is 1.12 bits per heavy atom. The molecular formula is C22H34O4. The fraction of sp³-hybridized carbons (Fsp3) is 0.500. The maximum Gasteiger partial charge on any atom is 0.328 e. The van der Waals surface area contributed by atoms with Crippen LogP contribution < -0.4 is 0 Å². The van der Waals surface area contributed by atoms with Gasteiger partial charge < -0.3 is 15.3 Å². The van der Waals surface area contributed by atoms with Crippen molar-refractivity contribution in [2.75, 3.05) is 0 Å². The number of aliphatic hydroxyl groups is 2. The first-order valence-electron chi connectivity index (χ1n) is 9.60. The van der Waals surface area contributed by atoms with Gasteiger partial charge in [0.2, 0.25) is 0 Å². The quantitative estimate of drug-likeness (QED) is 0.134. The fourth-order valence-corrected chi connectivity index (χ4v) is 2.37. The number of carboxylic acid groups (broad SMARTS) is 1. The van der Waals surface area contributed by atoms with E-state index in [1.807, 2.05) is 0 Å². The van der Waals surface area contributed by atoms with Crippen molar-refractivity contribution in [1.29, 1.82) is 0 Å². The maximum atomic E-state index is 10.2. The highest BCUT2D eigenvalue weighted by molar-refractivity contribution is 5.80. The number of carbonyl (C=O) groups is 1. The van der Waals surface area contributed by atoms with Gasteiger partial charge in [0.15, 0.2) is 5.76 Å². The molecule has 146 valence electrons. The smallest absolute Gasteiger partial charge is 0.328 e. The Morgan fingerprint density at radius 3 is 1.65 bits per heavy atom. The van der Waals surface area contributed by atoms with Crippen LogP contribution in [-0.4, -0.2) is 21.3 Å². The Balaban J connectivity index is 3.88. The van der Waals surface area contributed by atoms with Gasteiger partial charge >= 0.3 is 5.97 Å². The highest BCUT2D eigenvalue weighted by atomic mass is 16.4. The van der Waals surface area contributed by atoms with E-state index < -0.39 is 5.97 Å². The zero-order valence-corrected chi connectivity index (χ0v) is 15.9. The summed E-state index contributed by atoms with van der Waals surface area (Å²) in [5.41, 5.74) is 0. The van der Waals surface area contributed by atoms with Gasteiger partial charge in [-0.3, -0.25) is 0 Å². The lowest BCUT2D eigenvalue weighted by molar-refractivity contribution is -0.131. The summed E-state index contributed by atoms with van der Waals surface area (Å²) in [6, 6.07) is 0. The maximum absolute atomic E-state index is 10.2. The van der Waals surface area contributed by atoms with Gasteiger partial charge in [0.25, 0.3) is 0 Å². The summed E-state index contributed by atoms with van der Waals surface area (Å²) < 4.78 is 0. The lowest BCUT2D eigenvalue weighted by atomic mass is 10.1. The van der Waals surface area contributed by atoms with Crippen LogP contribution in [0.1, 0.15) is 71.1 Å². The van der Waals surface area contributed by atoms with Gasteiger partial charge in [0, 0.05) is 12.5 Å². The number of aliphatic carboxylic acids is 1. The molecule has 0 atom stereocenters. The molecule has 4 nitrogen and oxygen atoms in total. The average Bonchev–Trinajstić information content (AvgIpc) is 2.61. The minimum atomic E-state index is -0.990. The summed E-state index contributed by atoms with van der Waals surface area (Å²) in [6.07, 6.45) is 23.6. The molecule has 0 aliphatic rings. The van der Waals surface area contributed by atoms with Gasteiger partial charge in [-0.05, 0) is 12.5 Å². The lowest BCUT2D eigenvalue weighted by Crippen LogP contribution is -1.89. The third-order valence-corrected chi connectivity index (χ3v) is 3.86. The highest BCUT2D eigenvalue weighted by Crippen LogP contribution is 2.14. The SMILES string of the molecule is CCCCCCCCCCCC(O)=C(O)C=CC=CC=CC=CC(=O)O. The topological polar surface area (TPSA) is 77.8 Å². The van der Waals surface area contributed by atoms with Crippen molar-refractivity contribution in [2.24, 2.45) is 0 Å². The van der Waals surface area contributed by atoms with Gasteiger partial charge in [-0.1, -0.05) is 94.7 Å². The number of hydrogen-bond acceptors (Lipinski definition) is 3. The average molecular weight is 363 g/mol. The number of unbranched alkanes of at least 4 members (excludes halogenated alkanes) is 8. The minimum Gasteiger partial charge on any atom is -0.508 e. The first-order chi connectivity index (χ1) is 12.6. The lowest BCUT2D eigenvalue weighted by Gasteiger charge is -2.03. The number of aliphatic hydroxyl groups excluding tert-OH is 2. The molecule has 0 saturated heterocycles. The van der Waals surface area contributed by atoms with Crippen LogP contribution in [0, 0.1) is 0 Å². The first kappa shape index (κ1) is 23.8. The molecule has 0 spiro atoms. The molecule has 0 saturated carbocycles. The Labute approximate surface area is 157 Å². The van der Waals surface area contributed by atoms with E-state index in [9.17, 15) is 15.0 Å². The summed E-state index contributed by atoms with van der Waals surface area (Å²) in [5, 5.41) is 28.0. The molecule has 3 N–H and O–H groups in total. The number of rotatable bonds is 15. The monoisotopic (exact) mass is 362 g/mol. The molecule has 0 aromatic carbocycles. The normalized spacial score (nSPS) is 13.4. The summed E-state index contributed by atoms with van der Waals surface area (Å²) in [4.78, 5) is 10.2. The van der Waals surface area contributed by atoms with Crippen LogP contribution in [0.5, 0.6) is 0 Å².